The predicted octanol–water partition coefficient (Wildman–Crippen LogP) is 3.34. The zero-order valence-electron chi connectivity index (χ0n) is 21.5. The van der Waals surface area contributed by atoms with E-state index in [0.29, 0.717) is 29.8 Å². The number of anilines is 2. The van der Waals surface area contributed by atoms with E-state index < -0.39 is 18.3 Å². The number of aryl methyl sites for hydroxylation is 1. The van der Waals surface area contributed by atoms with Crippen LogP contribution in [0, 0.1) is 6.92 Å². The average Bonchev–Trinajstić information content (AvgIpc) is 3.41. The lowest BCUT2D eigenvalue weighted by Crippen LogP contribution is -2.41. The van der Waals surface area contributed by atoms with Crippen molar-refractivity contribution in [3.8, 4) is 11.6 Å². The van der Waals surface area contributed by atoms with Gasteiger partial charge in [0, 0.05) is 17.3 Å². The molecule has 6 rings (SSSR count). The lowest BCUT2D eigenvalue weighted by atomic mass is 9.78. The zero-order valence-corrected chi connectivity index (χ0v) is 21.5. The highest BCUT2D eigenvalue weighted by molar-refractivity contribution is 6.62. The van der Waals surface area contributed by atoms with Crippen molar-refractivity contribution in [1.29, 1.82) is 0 Å². The van der Waals surface area contributed by atoms with Crippen LogP contribution in [0.3, 0.4) is 0 Å². The van der Waals surface area contributed by atoms with E-state index in [2.05, 4.69) is 37.2 Å². The van der Waals surface area contributed by atoms with Crippen LogP contribution in [-0.2, 0) is 9.31 Å². The Morgan fingerprint density at radius 3 is 2.54 bits per heavy atom. The van der Waals surface area contributed by atoms with Gasteiger partial charge in [-0.1, -0.05) is 6.07 Å². The Hall–Kier alpha value is -3.96. The van der Waals surface area contributed by atoms with Gasteiger partial charge in [0.2, 0.25) is 5.88 Å². The summed E-state index contributed by atoms with van der Waals surface area (Å²) in [6.07, 6.45) is 3.22. The Balaban J connectivity index is 1.27. The Morgan fingerprint density at radius 2 is 1.78 bits per heavy atom. The molecular formula is C26H28BN7O3. The van der Waals surface area contributed by atoms with E-state index in [-0.39, 0.29) is 0 Å². The zero-order chi connectivity index (χ0) is 25.9. The van der Waals surface area contributed by atoms with Crippen molar-refractivity contribution in [2.24, 2.45) is 10.7 Å². The lowest BCUT2D eigenvalue weighted by molar-refractivity contribution is 0.00578. The second kappa shape index (κ2) is 8.29. The van der Waals surface area contributed by atoms with E-state index in [1.807, 2.05) is 58.9 Å². The first-order chi connectivity index (χ1) is 17.6. The number of rotatable bonds is 4. The molecule has 0 saturated carbocycles. The van der Waals surface area contributed by atoms with Crippen molar-refractivity contribution in [1.82, 2.24) is 19.6 Å². The molecule has 37 heavy (non-hydrogen) atoms. The highest BCUT2D eigenvalue weighted by Crippen LogP contribution is 2.38. The van der Waals surface area contributed by atoms with Crippen molar-refractivity contribution < 1.29 is 14.0 Å². The first-order valence-electron chi connectivity index (χ1n) is 12.1. The number of nitrogens with zero attached hydrogens (tertiary/aromatic N) is 6. The van der Waals surface area contributed by atoms with E-state index in [1.54, 1.807) is 23.1 Å². The summed E-state index contributed by atoms with van der Waals surface area (Å²) in [5.74, 6) is 1.65. The molecule has 0 aliphatic carbocycles. The van der Waals surface area contributed by atoms with Crippen molar-refractivity contribution in [3.63, 3.8) is 0 Å². The minimum atomic E-state index is -0.470. The molecule has 11 heteroatoms. The number of fused-ring (bicyclic) bond motifs is 2. The molecule has 2 aromatic heterocycles. The fourth-order valence-electron chi connectivity index (χ4n) is 4.44. The lowest BCUT2D eigenvalue weighted by Gasteiger charge is -2.32. The Bertz CT molecular complexity index is 1530. The summed E-state index contributed by atoms with van der Waals surface area (Å²) in [5, 5.41) is 7.91. The highest BCUT2D eigenvalue weighted by Gasteiger charge is 2.51. The van der Waals surface area contributed by atoms with E-state index in [9.17, 15) is 0 Å². The molecule has 0 amide bonds. The molecule has 2 aliphatic heterocycles. The van der Waals surface area contributed by atoms with Crippen LogP contribution in [0.5, 0.6) is 11.6 Å². The number of nitrogens with two attached hydrogens (primary N) is 1. The molecule has 0 spiro atoms. The summed E-state index contributed by atoms with van der Waals surface area (Å²) in [5.41, 5.74) is 10.8. The molecule has 2 N–H and O–H groups in total. The predicted molar refractivity (Wildman–Crippen MR) is 142 cm³/mol. The highest BCUT2D eigenvalue weighted by atomic mass is 16.7. The maximum atomic E-state index is 6.34. The van der Waals surface area contributed by atoms with Crippen molar-refractivity contribution >= 4 is 35.4 Å². The molecule has 0 unspecified atom stereocenters. The molecule has 0 bridgehead atoms. The van der Waals surface area contributed by atoms with Crippen LogP contribution in [-0.4, -0.2) is 50.4 Å². The molecule has 0 atom stereocenters. The van der Waals surface area contributed by atoms with Gasteiger partial charge in [-0.3, -0.25) is 4.40 Å². The second-order valence-corrected chi connectivity index (χ2v) is 10.4. The maximum Gasteiger partial charge on any atom is 0.494 e. The van der Waals surface area contributed by atoms with E-state index >= 15 is 0 Å². The molecule has 4 heterocycles. The van der Waals surface area contributed by atoms with Gasteiger partial charge in [0.05, 0.1) is 16.9 Å². The summed E-state index contributed by atoms with van der Waals surface area (Å²) < 4.78 is 20.2. The van der Waals surface area contributed by atoms with Gasteiger partial charge in [0.25, 0.3) is 0 Å². The Labute approximate surface area is 215 Å². The largest absolute Gasteiger partial charge is 0.494 e. The number of benzene rings is 2. The van der Waals surface area contributed by atoms with Crippen LogP contribution in [0.1, 0.15) is 38.8 Å². The van der Waals surface area contributed by atoms with E-state index in [4.69, 9.17) is 19.8 Å². The number of ether oxygens (including phenoxy) is 1. The first kappa shape index (κ1) is 23.4. The van der Waals surface area contributed by atoms with Gasteiger partial charge in [0.1, 0.15) is 30.9 Å². The van der Waals surface area contributed by atoms with Crippen LogP contribution < -0.4 is 20.8 Å². The molecule has 188 valence electrons. The average molecular weight is 497 g/mol. The summed E-state index contributed by atoms with van der Waals surface area (Å²) in [6, 6.07) is 13.8. The fraction of sp³-hybridized carbons (Fsp3) is 0.308. The van der Waals surface area contributed by atoms with Gasteiger partial charge in [-0.05, 0) is 76.0 Å². The number of amidine groups is 1. The van der Waals surface area contributed by atoms with Gasteiger partial charge < -0.3 is 24.7 Å². The molecular weight excluding hydrogens is 469 g/mol. The van der Waals surface area contributed by atoms with Gasteiger partial charge in [-0.2, -0.15) is 0 Å². The Kier molecular flexibility index (Phi) is 5.25. The van der Waals surface area contributed by atoms with E-state index in [1.165, 1.54) is 0 Å². The third-order valence-corrected chi connectivity index (χ3v) is 7.34. The number of aliphatic imine (C=N–C) groups is 1. The minimum absolute atomic E-state index is 0.416. The monoisotopic (exact) mass is 497 g/mol. The molecule has 10 nitrogen and oxygen atoms in total. The topological polar surface area (TPSA) is 112 Å². The van der Waals surface area contributed by atoms with Gasteiger partial charge in [0.15, 0.2) is 5.65 Å². The summed E-state index contributed by atoms with van der Waals surface area (Å²) >= 11 is 0. The van der Waals surface area contributed by atoms with Crippen LogP contribution in [0.25, 0.3) is 5.65 Å². The first-order valence-corrected chi connectivity index (χ1v) is 12.1. The van der Waals surface area contributed by atoms with Crippen LogP contribution >= 0.6 is 0 Å². The molecule has 1 fully saturated rings. The quantitative estimate of drug-likeness (QED) is 0.428. The molecule has 1 saturated heterocycles. The summed E-state index contributed by atoms with van der Waals surface area (Å²) in [7, 11) is -0.470. The summed E-state index contributed by atoms with van der Waals surface area (Å²) in [6.45, 7) is 10.6. The van der Waals surface area contributed by atoms with Crippen LogP contribution in [0.15, 0.2) is 60.1 Å². The van der Waals surface area contributed by atoms with Gasteiger partial charge >= 0.3 is 7.12 Å². The van der Waals surface area contributed by atoms with Gasteiger partial charge in [-0.25, -0.2) is 9.98 Å². The normalized spacial score (nSPS) is 18.1. The minimum Gasteiger partial charge on any atom is -0.439 e. The van der Waals surface area contributed by atoms with Crippen LogP contribution in [0.4, 0.5) is 11.4 Å². The second-order valence-electron chi connectivity index (χ2n) is 10.4. The van der Waals surface area contributed by atoms with Gasteiger partial charge in [-0.15, -0.1) is 10.2 Å². The maximum absolute atomic E-state index is 6.34. The number of hydrogen-bond donors (Lipinski definition) is 1. The smallest absolute Gasteiger partial charge is 0.439 e. The third-order valence-electron chi connectivity index (χ3n) is 7.34. The molecule has 4 aromatic rings. The van der Waals surface area contributed by atoms with Crippen molar-refractivity contribution in [3.05, 3.63) is 66.2 Å². The van der Waals surface area contributed by atoms with E-state index in [0.717, 1.165) is 28.0 Å². The number of aromatic nitrogens is 4. The van der Waals surface area contributed by atoms with Crippen molar-refractivity contribution in [2.45, 2.75) is 45.8 Å². The molecule has 2 aromatic carbocycles. The fourth-order valence-corrected chi connectivity index (χ4v) is 4.44. The molecule has 2 aliphatic rings. The van der Waals surface area contributed by atoms with Crippen molar-refractivity contribution in [2.75, 3.05) is 11.6 Å². The summed E-state index contributed by atoms with van der Waals surface area (Å²) in [4.78, 5) is 11.0. The SMILES string of the molecule is Cc1cc(N2CN=C(N)c3cc(B4OC(C)(C)C(C)(C)O4)ccc32)ccc1Oc1cc2nncn2cn1. The Morgan fingerprint density at radius 1 is 1.00 bits per heavy atom. The third kappa shape index (κ3) is 4.00. The standard InChI is InChI=1S/C26H28BN7O3/c1-16-10-18(7-9-21(16)35-23-12-22-32-31-15-33(22)13-29-23)34-14-30-24(28)19-11-17(6-8-20(19)34)27-36-25(2,3)26(4,5)37-27/h6-13,15H,14H2,1-5H3,(H2,28,30). The molecule has 0 radical (unpaired) electrons. The number of hydrogen-bond acceptors (Lipinski definition) is 9. The van der Waals surface area contributed by atoms with Crippen LogP contribution in [0.2, 0.25) is 0 Å².